The van der Waals surface area contributed by atoms with Gasteiger partial charge in [-0.05, 0) is 51.5 Å². The minimum absolute atomic E-state index is 0.235. The van der Waals surface area contributed by atoms with E-state index < -0.39 is 10.0 Å². The summed E-state index contributed by atoms with van der Waals surface area (Å²) >= 11 is 0. The maximum absolute atomic E-state index is 12.5. The summed E-state index contributed by atoms with van der Waals surface area (Å²) in [5.74, 6) is 0.806. The van der Waals surface area contributed by atoms with E-state index >= 15 is 0 Å². The summed E-state index contributed by atoms with van der Waals surface area (Å²) in [6.45, 7) is 0. The van der Waals surface area contributed by atoms with Gasteiger partial charge in [-0.25, -0.2) is 12.7 Å². The summed E-state index contributed by atoms with van der Waals surface area (Å²) < 4.78 is 26.6. The molecule has 2 aliphatic heterocycles. The lowest BCUT2D eigenvalue weighted by Gasteiger charge is -2.40. The Bertz CT molecular complexity index is 419. The summed E-state index contributed by atoms with van der Waals surface area (Å²) in [5.41, 5.74) is 0. The Hall–Kier alpha value is -0.130. The quantitative estimate of drug-likeness (QED) is 0.789. The molecule has 110 valence electrons. The third-order valence-electron chi connectivity index (χ3n) is 5.70. The molecule has 3 fully saturated rings. The summed E-state index contributed by atoms with van der Waals surface area (Å²) in [4.78, 5) is 2.46. The average molecular weight is 286 g/mol. The second kappa shape index (κ2) is 5.01. The van der Waals surface area contributed by atoms with E-state index in [9.17, 15) is 8.42 Å². The van der Waals surface area contributed by atoms with Crippen molar-refractivity contribution in [1.82, 2.24) is 9.21 Å². The van der Waals surface area contributed by atoms with E-state index in [0.717, 1.165) is 25.7 Å². The molecule has 1 saturated carbocycles. The van der Waals surface area contributed by atoms with E-state index in [1.165, 1.54) is 19.3 Å². The van der Waals surface area contributed by atoms with E-state index in [1.54, 1.807) is 4.31 Å². The molecule has 4 nitrogen and oxygen atoms in total. The largest absolute Gasteiger partial charge is 0.300 e. The van der Waals surface area contributed by atoms with E-state index in [-0.39, 0.29) is 6.04 Å². The predicted octanol–water partition coefficient (Wildman–Crippen LogP) is 1.67. The van der Waals surface area contributed by atoms with Gasteiger partial charge < -0.3 is 4.90 Å². The maximum Gasteiger partial charge on any atom is 0.214 e. The van der Waals surface area contributed by atoms with Crippen molar-refractivity contribution in [2.75, 3.05) is 19.8 Å². The fraction of sp³-hybridized carbons (Fsp3) is 1.00. The lowest BCUT2D eigenvalue weighted by atomic mass is 9.87. The molecule has 0 aromatic heterocycles. The van der Waals surface area contributed by atoms with Gasteiger partial charge in [0.15, 0.2) is 0 Å². The number of nitrogens with zero attached hydrogens (tertiary/aromatic N) is 2. The molecule has 2 saturated heterocycles. The highest BCUT2D eigenvalue weighted by atomic mass is 32.2. The van der Waals surface area contributed by atoms with Crippen molar-refractivity contribution in [2.45, 2.75) is 63.1 Å². The molecule has 2 atom stereocenters. The van der Waals surface area contributed by atoms with Crippen molar-refractivity contribution in [1.29, 1.82) is 0 Å². The van der Waals surface area contributed by atoms with Crippen LogP contribution in [0.4, 0.5) is 0 Å². The Labute approximate surface area is 117 Å². The molecule has 1 aliphatic carbocycles. The molecule has 5 heteroatoms. The van der Waals surface area contributed by atoms with Crippen LogP contribution in [0.25, 0.3) is 0 Å². The Balaban J connectivity index is 1.65. The van der Waals surface area contributed by atoms with Crippen molar-refractivity contribution in [2.24, 2.45) is 5.92 Å². The van der Waals surface area contributed by atoms with Crippen molar-refractivity contribution < 1.29 is 8.42 Å². The van der Waals surface area contributed by atoms with Gasteiger partial charge in [-0.3, -0.25) is 0 Å². The standard InChI is InChI=1S/C14H26N2O2S/c1-15-12-6-7-13(15)9-14(8-12)16(2)19(17,18)10-11-4-3-5-11/h11-14H,3-10H2,1-2H3. The molecule has 2 bridgehead atoms. The third kappa shape index (κ3) is 2.57. The molecule has 0 aromatic rings. The number of hydrogen-bond donors (Lipinski definition) is 0. The van der Waals surface area contributed by atoms with Crippen molar-refractivity contribution in [3.05, 3.63) is 0 Å². The predicted molar refractivity (Wildman–Crippen MR) is 76.5 cm³/mol. The van der Waals surface area contributed by atoms with Gasteiger partial charge >= 0.3 is 0 Å². The molecule has 0 amide bonds. The van der Waals surface area contributed by atoms with Gasteiger partial charge in [-0.1, -0.05) is 6.42 Å². The molecule has 19 heavy (non-hydrogen) atoms. The van der Waals surface area contributed by atoms with Crippen LogP contribution >= 0.6 is 0 Å². The SMILES string of the molecule is CN1C2CCC1CC(N(C)S(=O)(=O)CC1CCC1)C2. The second-order valence-corrected chi connectivity index (χ2v) is 8.84. The first-order chi connectivity index (χ1) is 8.97. The zero-order valence-corrected chi connectivity index (χ0v) is 12.9. The molecule has 2 unspecified atom stereocenters. The number of sulfonamides is 1. The molecule has 0 spiro atoms. The summed E-state index contributed by atoms with van der Waals surface area (Å²) in [6.07, 6.45) is 7.95. The van der Waals surface area contributed by atoms with Crippen molar-refractivity contribution in [3.8, 4) is 0 Å². The van der Waals surface area contributed by atoms with E-state index in [2.05, 4.69) is 11.9 Å². The normalized spacial score (nSPS) is 36.7. The van der Waals surface area contributed by atoms with Gasteiger partial charge in [0.05, 0.1) is 5.75 Å². The Kier molecular flexibility index (Phi) is 3.65. The van der Waals surface area contributed by atoms with Crippen LogP contribution in [0.3, 0.4) is 0 Å². The minimum Gasteiger partial charge on any atom is -0.300 e. The first kappa shape index (κ1) is 13.8. The van der Waals surface area contributed by atoms with Gasteiger partial charge in [-0.2, -0.15) is 0 Å². The average Bonchev–Trinajstić information content (AvgIpc) is 2.54. The first-order valence-corrected chi connectivity index (χ1v) is 9.26. The monoisotopic (exact) mass is 286 g/mol. The van der Waals surface area contributed by atoms with Gasteiger partial charge in [-0.15, -0.1) is 0 Å². The second-order valence-electron chi connectivity index (χ2n) is 6.77. The van der Waals surface area contributed by atoms with Crippen LogP contribution in [0.2, 0.25) is 0 Å². The Morgan fingerprint density at radius 3 is 2.16 bits per heavy atom. The number of piperidine rings is 1. The Morgan fingerprint density at radius 1 is 1.11 bits per heavy atom. The van der Waals surface area contributed by atoms with Crippen LogP contribution in [0.1, 0.15) is 44.9 Å². The highest BCUT2D eigenvalue weighted by molar-refractivity contribution is 7.89. The lowest BCUT2D eigenvalue weighted by Crippen LogP contribution is -2.50. The smallest absolute Gasteiger partial charge is 0.214 e. The fourth-order valence-electron chi connectivity index (χ4n) is 3.98. The number of rotatable bonds is 4. The van der Waals surface area contributed by atoms with Crippen LogP contribution in [-0.4, -0.2) is 55.6 Å². The van der Waals surface area contributed by atoms with Gasteiger partial charge in [0.1, 0.15) is 0 Å². The molecular weight excluding hydrogens is 260 g/mol. The molecule has 2 heterocycles. The van der Waals surface area contributed by atoms with Crippen molar-refractivity contribution in [3.63, 3.8) is 0 Å². The minimum atomic E-state index is -3.04. The lowest BCUT2D eigenvalue weighted by molar-refractivity contribution is 0.124. The van der Waals surface area contributed by atoms with Crippen molar-refractivity contribution >= 4 is 10.0 Å². The zero-order chi connectivity index (χ0) is 13.6. The highest BCUT2D eigenvalue weighted by Gasteiger charge is 2.42. The van der Waals surface area contributed by atoms with Crippen LogP contribution in [-0.2, 0) is 10.0 Å². The van der Waals surface area contributed by atoms with Crippen LogP contribution < -0.4 is 0 Å². The maximum atomic E-state index is 12.5. The number of fused-ring (bicyclic) bond motifs is 2. The van der Waals surface area contributed by atoms with Crippen LogP contribution in [0, 0.1) is 5.92 Å². The topological polar surface area (TPSA) is 40.6 Å². The molecular formula is C14H26N2O2S. The fourth-order valence-corrected chi connectivity index (χ4v) is 5.77. The molecule has 0 aromatic carbocycles. The third-order valence-corrected chi connectivity index (χ3v) is 7.77. The van der Waals surface area contributed by atoms with E-state index in [4.69, 9.17) is 0 Å². The molecule has 0 radical (unpaired) electrons. The highest BCUT2D eigenvalue weighted by Crippen LogP contribution is 2.37. The first-order valence-electron chi connectivity index (χ1n) is 7.65. The number of hydrogen-bond acceptors (Lipinski definition) is 3. The van der Waals surface area contributed by atoms with E-state index in [0.29, 0.717) is 23.8 Å². The van der Waals surface area contributed by atoms with Crippen LogP contribution in [0.15, 0.2) is 0 Å². The van der Waals surface area contributed by atoms with Crippen LogP contribution in [0.5, 0.6) is 0 Å². The van der Waals surface area contributed by atoms with Gasteiger partial charge in [0.25, 0.3) is 0 Å². The Morgan fingerprint density at radius 2 is 1.68 bits per heavy atom. The van der Waals surface area contributed by atoms with Gasteiger partial charge in [0.2, 0.25) is 10.0 Å². The van der Waals surface area contributed by atoms with Gasteiger partial charge in [0, 0.05) is 25.2 Å². The zero-order valence-electron chi connectivity index (χ0n) is 12.1. The summed E-state index contributed by atoms with van der Waals surface area (Å²) in [7, 11) is 0.963. The summed E-state index contributed by atoms with van der Waals surface area (Å²) in [5, 5.41) is 0. The van der Waals surface area contributed by atoms with E-state index in [1.807, 2.05) is 7.05 Å². The molecule has 0 N–H and O–H groups in total. The molecule has 3 rings (SSSR count). The summed E-state index contributed by atoms with van der Waals surface area (Å²) in [6, 6.07) is 1.44. The molecule has 3 aliphatic rings.